The van der Waals surface area contributed by atoms with Gasteiger partial charge in [0.25, 0.3) is 5.91 Å². The van der Waals surface area contributed by atoms with E-state index < -0.39 is 5.91 Å². The largest absolute Gasteiger partial charge is 0.397 e. The lowest BCUT2D eigenvalue weighted by atomic mass is 10.2. The normalized spacial score (nSPS) is 10.4. The molecule has 1 amide bonds. The molecule has 19 heavy (non-hydrogen) atoms. The van der Waals surface area contributed by atoms with Gasteiger partial charge in [-0.1, -0.05) is 6.92 Å². The van der Waals surface area contributed by atoms with Gasteiger partial charge in [0, 0.05) is 13.2 Å². The Bertz CT molecular complexity index is 619. The quantitative estimate of drug-likeness (QED) is 0.752. The van der Waals surface area contributed by atoms with Gasteiger partial charge in [0.05, 0.1) is 28.8 Å². The van der Waals surface area contributed by atoms with Gasteiger partial charge >= 0.3 is 0 Å². The van der Waals surface area contributed by atoms with Crippen molar-refractivity contribution in [2.75, 3.05) is 11.1 Å². The highest BCUT2D eigenvalue weighted by atomic mass is 16.1. The molecule has 5 N–H and O–H groups in total. The Morgan fingerprint density at radius 1 is 1.53 bits per heavy atom. The lowest BCUT2D eigenvalue weighted by molar-refractivity contribution is 0.100. The number of hydrogen-bond donors (Lipinski definition) is 3. The van der Waals surface area contributed by atoms with Gasteiger partial charge in [-0.05, 0) is 12.5 Å². The summed E-state index contributed by atoms with van der Waals surface area (Å²) >= 11 is 0. The highest BCUT2D eigenvalue weighted by Crippen LogP contribution is 2.21. The molecule has 2 aromatic rings. The van der Waals surface area contributed by atoms with Crippen LogP contribution in [-0.2, 0) is 13.5 Å². The van der Waals surface area contributed by atoms with Crippen LogP contribution in [-0.4, -0.2) is 20.7 Å². The van der Waals surface area contributed by atoms with Crippen molar-refractivity contribution in [2.24, 2.45) is 12.8 Å². The number of primary amides is 1. The van der Waals surface area contributed by atoms with Crippen LogP contribution in [0.4, 0.5) is 17.2 Å². The Morgan fingerprint density at radius 3 is 2.89 bits per heavy atom. The molecule has 0 aliphatic rings. The monoisotopic (exact) mass is 260 g/mol. The average Bonchev–Trinajstić information content (AvgIpc) is 2.71. The van der Waals surface area contributed by atoms with E-state index in [2.05, 4.69) is 15.4 Å². The Balaban J connectivity index is 2.33. The average molecular weight is 260 g/mol. The first kappa shape index (κ1) is 12.9. The maximum absolute atomic E-state index is 11.2. The number of nitrogens with one attached hydrogen (secondary N) is 1. The van der Waals surface area contributed by atoms with E-state index in [1.165, 1.54) is 12.3 Å². The highest BCUT2D eigenvalue weighted by Gasteiger charge is 2.10. The van der Waals surface area contributed by atoms with Gasteiger partial charge in [0.2, 0.25) is 0 Å². The predicted octanol–water partition coefficient (Wildman–Crippen LogP) is 0.802. The molecule has 0 radical (unpaired) electrons. The van der Waals surface area contributed by atoms with Crippen LogP contribution in [0.1, 0.15) is 23.0 Å². The van der Waals surface area contributed by atoms with Gasteiger partial charge < -0.3 is 16.8 Å². The van der Waals surface area contributed by atoms with Crippen LogP contribution in [0.2, 0.25) is 0 Å². The molecule has 2 aromatic heterocycles. The summed E-state index contributed by atoms with van der Waals surface area (Å²) in [7, 11) is 1.84. The zero-order valence-electron chi connectivity index (χ0n) is 10.8. The standard InChI is InChI=1S/C12H16N6O/c1-3-9-10(6-18(2)17-9)16-11-4-7(12(14)19)8(13)5-15-11/h4-6H,3,13H2,1-2H3,(H2,14,19)(H,15,16). The number of nitrogen functional groups attached to an aromatic ring is 1. The number of rotatable bonds is 4. The van der Waals surface area contributed by atoms with Crippen molar-refractivity contribution < 1.29 is 4.79 Å². The smallest absolute Gasteiger partial charge is 0.250 e. The van der Waals surface area contributed by atoms with Gasteiger partial charge in [-0.25, -0.2) is 4.98 Å². The van der Waals surface area contributed by atoms with Gasteiger partial charge in [0.15, 0.2) is 0 Å². The zero-order valence-corrected chi connectivity index (χ0v) is 10.8. The molecule has 0 saturated carbocycles. The molecule has 0 spiro atoms. The second kappa shape index (κ2) is 4.97. The van der Waals surface area contributed by atoms with E-state index >= 15 is 0 Å². The second-order valence-corrected chi connectivity index (χ2v) is 4.16. The predicted molar refractivity (Wildman–Crippen MR) is 73.0 cm³/mol. The van der Waals surface area contributed by atoms with Gasteiger partial charge in [-0.2, -0.15) is 5.10 Å². The number of aromatic nitrogens is 3. The molecule has 0 fully saturated rings. The lowest BCUT2D eigenvalue weighted by Gasteiger charge is -2.07. The van der Waals surface area contributed by atoms with Crippen molar-refractivity contribution in [3.63, 3.8) is 0 Å². The lowest BCUT2D eigenvalue weighted by Crippen LogP contribution is -2.14. The van der Waals surface area contributed by atoms with Crippen molar-refractivity contribution >= 4 is 23.1 Å². The summed E-state index contributed by atoms with van der Waals surface area (Å²) in [5.74, 6) is -0.0736. The van der Waals surface area contributed by atoms with Gasteiger partial charge in [-0.15, -0.1) is 0 Å². The molecular weight excluding hydrogens is 244 g/mol. The molecule has 0 aliphatic carbocycles. The fourth-order valence-corrected chi connectivity index (χ4v) is 1.79. The molecule has 0 saturated heterocycles. The molecule has 0 aliphatic heterocycles. The minimum Gasteiger partial charge on any atom is -0.397 e. The summed E-state index contributed by atoms with van der Waals surface area (Å²) in [6.45, 7) is 2.01. The molecule has 0 unspecified atom stereocenters. The molecule has 7 heteroatoms. The van der Waals surface area contributed by atoms with Crippen molar-refractivity contribution in [1.82, 2.24) is 14.8 Å². The van der Waals surface area contributed by atoms with E-state index in [9.17, 15) is 4.79 Å². The van der Waals surface area contributed by atoms with Crippen LogP contribution >= 0.6 is 0 Å². The van der Waals surface area contributed by atoms with Crippen LogP contribution in [0.15, 0.2) is 18.5 Å². The summed E-state index contributed by atoms with van der Waals surface area (Å²) in [4.78, 5) is 15.3. The third-order valence-electron chi connectivity index (χ3n) is 2.70. The first-order valence-electron chi connectivity index (χ1n) is 5.86. The minimum atomic E-state index is -0.579. The van der Waals surface area contributed by atoms with Gasteiger partial charge in [-0.3, -0.25) is 9.48 Å². The van der Waals surface area contributed by atoms with E-state index in [1.807, 2.05) is 20.2 Å². The van der Waals surface area contributed by atoms with Crippen molar-refractivity contribution in [1.29, 1.82) is 0 Å². The summed E-state index contributed by atoms with van der Waals surface area (Å²) in [5.41, 5.74) is 13.2. The number of carbonyl (C=O) groups excluding carboxylic acids is 1. The molecule has 7 nitrogen and oxygen atoms in total. The molecule has 100 valence electrons. The Kier molecular flexibility index (Phi) is 3.37. The third kappa shape index (κ3) is 2.65. The summed E-state index contributed by atoms with van der Waals surface area (Å²) in [6.07, 6.45) is 4.05. The van der Waals surface area contributed by atoms with Crippen molar-refractivity contribution in [3.05, 3.63) is 29.7 Å². The fraction of sp³-hybridized carbons (Fsp3) is 0.250. The maximum Gasteiger partial charge on any atom is 0.250 e. The SMILES string of the molecule is CCc1nn(C)cc1Nc1cc(C(N)=O)c(N)cn1. The highest BCUT2D eigenvalue weighted by molar-refractivity contribution is 5.98. The second-order valence-electron chi connectivity index (χ2n) is 4.16. The minimum absolute atomic E-state index is 0.249. The van der Waals surface area contributed by atoms with Crippen LogP contribution in [0.25, 0.3) is 0 Å². The third-order valence-corrected chi connectivity index (χ3v) is 2.70. The number of nitrogens with two attached hydrogens (primary N) is 2. The van der Waals surface area contributed by atoms with Crippen LogP contribution in [0.5, 0.6) is 0 Å². The molecule has 2 heterocycles. The van der Waals surface area contributed by atoms with E-state index in [1.54, 1.807) is 4.68 Å². The summed E-state index contributed by atoms with van der Waals surface area (Å²) in [6, 6.07) is 1.53. The van der Waals surface area contributed by atoms with Gasteiger partial charge in [0.1, 0.15) is 5.82 Å². The van der Waals surface area contributed by atoms with Crippen molar-refractivity contribution in [2.45, 2.75) is 13.3 Å². The maximum atomic E-state index is 11.2. The molecular formula is C12H16N6O. The Hall–Kier alpha value is -2.57. The van der Waals surface area contributed by atoms with Crippen LogP contribution in [0, 0.1) is 0 Å². The fourth-order valence-electron chi connectivity index (χ4n) is 1.79. The van der Waals surface area contributed by atoms with E-state index in [0.29, 0.717) is 5.82 Å². The molecule has 0 aromatic carbocycles. The number of aryl methyl sites for hydroxylation is 2. The molecule has 0 atom stereocenters. The number of anilines is 3. The van der Waals surface area contributed by atoms with E-state index in [-0.39, 0.29) is 11.3 Å². The zero-order chi connectivity index (χ0) is 14.0. The molecule has 2 rings (SSSR count). The number of hydrogen-bond acceptors (Lipinski definition) is 5. The first-order chi connectivity index (χ1) is 9.01. The summed E-state index contributed by atoms with van der Waals surface area (Å²) in [5, 5.41) is 7.42. The summed E-state index contributed by atoms with van der Waals surface area (Å²) < 4.78 is 1.72. The first-order valence-corrected chi connectivity index (χ1v) is 5.86. The van der Waals surface area contributed by atoms with Crippen LogP contribution in [0.3, 0.4) is 0 Å². The van der Waals surface area contributed by atoms with E-state index in [4.69, 9.17) is 11.5 Å². The Morgan fingerprint density at radius 2 is 2.26 bits per heavy atom. The van der Waals surface area contributed by atoms with Crippen molar-refractivity contribution in [3.8, 4) is 0 Å². The Labute approximate surface area is 110 Å². The number of carbonyl (C=O) groups is 1. The molecule has 0 bridgehead atoms. The number of pyridine rings is 1. The number of nitrogens with zero attached hydrogens (tertiary/aromatic N) is 3. The topological polar surface area (TPSA) is 112 Å². The van der Waals surface area contributed by atoms with E-state index in [0.717, 1.165) is 17.8 Å². The van der Waals surface area contributed by atoms with Crippen LogP contribution < -0.4 is 16.8 Å². The number of amides is 1.